The van der Waals surface area contributed by atoms with Gasteiger partial charge in [0, 0.05) is 17.9 Å². The maximum atomic E-state index is 11.8. The predicted octanol–water partition coefficient (Wildman–Crippen LogP) is 1.35. The number of carbonyl (C=O) groups excluding carboxylic acids is 1. The summed E-state index contributed by atoms with van der Waals surface area (Å²) < 4.78 is 25.5. The number of hydrogen-bond donors (Lipinski definition) is 1. The molecule has 1 amide bonds. The van der Waals surface area contributed by atoms with Gasteiger partial charge in [-0.25, -0.2) is 8.42 Å². The zero-order valence-corrected chi connectivity index (χ0v) is 12.6. The second kappa shape index (κ2) is 6.19. The number of sulfonamides is 1. The molecular weight excluding hydrogens is 320 g/mol. The molecule has 0 atom stereocenters. The highest BCUT2D eigenvalue weighted by Gasteiger charge is 2.18. The van der Waals surface area contributed by atoms with Crippen molar-refractivity contribution in [2.75, 3.05) is 23.7 Å². The van der Waals surface area contributed by atoms with E-state index < -0.39 is 10.0 Å². The number of carbonyl (C=O) groups is 1. The smallest absolute Gasteiger partial charge is 0.232 e. The monoisotopic (exact) mass is 334 g/mol. The molecule has 100 valence electrons. The van der Waals surface area contributed by atoms with Crippen molar-refractivity contribution in [3.63, 3.8) is 0 Å². The lowest BCUT2D eigenvalue weighted by molar-refractivity contribution is -0.118. The Bertz CT molecular complexity index is 531. The Morgan fingerprint density at radius 2 is 2.00 bits per heavy atom. The first-order valence-electron chi connectivity index (χ1n) is 5.29. The zero-order valence-electron chi connectivity index (χ0n) is 10.2. The molecule has 1 aromatic carbocycles. The molecule has 0 heterocycles. The van der Waals surface area contributed by atoms with Crippen LogP contribution in [0.25, 0.3) is 0 Å². The van der Waals surface area contributed by atoms with Crippen molar-refractivity contribution in [1.82, 2.24) is 5.32 Å². The molecular formula is C11H15BrN2O3S. The SMILES string of the molecule is CC(=O)NCCN(c1ccccc1Br)S(C)(=O)=O. The van der Waals surface area contributed by atoms with Gasteiger partial charge in [0.1, 0.15) is 0 Å². The van der Waals surface area contributed by atoms with Gasteiger partial charge in [-0.15, -0.1) is 0 Å². The van der Waals surface area contributed by atoms with Crippen LogP contribution in [0.3, 0.4) is 0 Å². The van der Waals surface area contributed by atoms with Crippen LogP contribution in [-0.4, -0.2) is 33.7 Å². The Balaban J connectivity index is 2.94. The van der Waals surface area contributed by atoms with Gasteiger partial charge in [0.2, 0.25) is 15.9 Å². The summed E-state index contributed by atoms with van der Waals surface area (Å²) >= 11 is 3.32. The van der Waals surface area contributed by atoms with E-state index >= 15 is 0 Å². The first-order valence-corrected chi connectivity index (χ1v) is 7.93. The summed E-state index contributed by atoms with van der Waals surface area (Å²) in [6.45, 7) is 1.86. The van der Waals surface area contributed by atoms with Crippen LogP contribution in [0.15, 0.2) is 28.7 Å². The van der Waals surface area contributed by atoms with Crippen LogP contribution in [0.5, 0.6) is 0 Å². The molecule has 1 aromatic rings. The largest absolute Gasteiger partial charge is 0.355 e. The van der Waals surface area contributed by atoms with E-state index in [4.69, 9.17) is 0 Å². The summed E-state index contributed by atoms with van der Waals surface area (Å²) in [6.07, 6.45) is 1.14. The maximum Gasteiger partial charge on any atom is 0.232 e. The van der Waals surface area contributed by atoms with Crippen LogP contribution in [0.1, 0.15) is 6.92 Å². The van der Waals surface area contributed by atoms with Crippen LogP contribution >= 0.6 is 15.9 Å². The van der Waals surface area contributed by atoms with E-state index in [-0.39, 0.29) is 19.0 Å². The first kappa shape index (κ1) is 15.0. The van der Waals surface area contributed by atoms with E-state index in [1.54, 1.807) is 18.2 Å². The molecule has 0 saturated carbocycles. The number of hydrogen-bond acceptors (Lipinski definition) is 3. The number of rotatable bonds is 5. The molecule has 7 heteroatoms. The Morgan fingerprint density at radius 3 is 2.50 bits per heavy atom. The third kappa shape index (κ3) is 4.30. The topological polar surface area (TPSA) is 66.5 Å². The van der Waals surface area contributed by atoms with Gasteiger partial charge in [0.15, 0.2) is 0 Å². The van der Waals surface area contributed by atoms with E-state index in [0.717, 1.165) is 6.26 Å². The quantitative estimate of drug-likeness (QED) is 0.883. The number of para-hydroxylation sites is 1. The van der Waals surface area contributed by atoms with Crippen molar-refractivity contribution in [2.24, 2.45) is 0 Å². The minimum absolute atomic E-state index is 0.185. The number of nitrogens with one attached hydrogen (secondary N) is 1. The van der Waals surface area contributed by atoms with E-state index in [0.29, 0.717) is 10.2 Å². The summed E-state index contributed by atoms with van der Waals surface area (Å²) in [7, 11) is -3.39. The second-order valence-corrected chi connectivity index (χ2v) is 6.53. The predicted molar refractivity (Wildman–Crippen MR) is 75.0 cm³/mol. The number of amides is 1. The van der Waals surface area contributed by atoms with Gasteiger partial charge in [-0.05, 0) is 28.1 Å². The van der Waals surface area contributed by atoms with Gasteiger partial charge in [0.25, 0.3) is 0 Å². The van der Waals surface area contributed by atoms with Crippen molar-refractivity contribution < 1.29 is 13.2 Å². The van der Waals surface area contributed by atoms with Gasteiger partial charge in [-0.2, -0.15) is 0 Å². The van der Waals surface area contributed by atoms with Gasteiger partial charge >= 0.3 is 0 Å². The number of anilines is 1. The summed E-state index contributed by atoms with van der Waals surface area (Å²) in [5.41, 5.74) is 0.561. The number of halogens is 1. The van der Waals surface area contributed by atoms with Crippen LogP contribution in [0.4, 0.5) is 5.69 Å². The summed E-state index contributed by atoms with van der Waals surface area (Å²) in [6, 6.07) is 7.04. The lowest BCUT2D eigenvalue weighted by atomic mass is 10.3. The third-order valence-corrected chi connectivity index (χ3v) is 4.06. The van der Waals surface area contributed by atoms with Gasteiger partial charge in [0.05, 0.1) is 18.5 Å². The maximum absolute atomic E-state index is 11.8. The fourth-order valence-corrected chi connectivity index (χ4v) is 3.01. The Labute approximate surface area is 115 Å². The molecule has 0 fully saturated rings. The van der Waals surface area contributed by atoms with Crippen molar-refractivity contribution in [2.45, 2.75) is 6.92 Å². The molecule has 0 unspecified atom stereocenters. The van der Waals surface area contributed by atoms with Crippen molar-refractivity contribution in [3.05, 3.63) is 28.7 Å². The Kier molecular flexibility index (Phi) is 5.15. The van der Waals surface area contributed by atoms with Crippen LogP contribution in [0, 0.1) is 0 Å². The molecule has 0 saturated heterocycles. The van der Waals surface area contributed by atoms with Gasteiger partial charge < -0.3 is 5.32 Å². The molecule has 18 heavy (non-hydrogen) atoms. The number of benzene rings is 1. The average Bonchev–Trinajstić information content (AvgIpc) is 2.24. The molecule has 0 aromatic heterocycles. The van der Waals surface area contributed by atoms with Crippen molar-refractivity contribution >= 4 is 37.5 Å². The molecule has 0 aliphatic heterocycles. The fraction of sp³-hybridized carbons (Fsp3) is 0.364. The number of nitrogens with zero attached hydrogens (tertiary/aromatic N) is 1. The Hall–Kier alpha value is -1.08. The van der Waals surface area contributed by atoms with Crippen LogP contribution in [-0.2, 0) is 14.8 Å². The van der Waals surface area contributed by atoms with E-state index in [1.807, 2.05) is 6.07 Å². The van der Waals surface area contributed by atoms with E-state index in [1.165, 1.54) is 11.2 Å². The molecule has 1 rings (SSSR count). The molecule has 0 aliphatic carbocycles. The van der Waals surface area contributed by atoms with Crippen LogP contribution < -0.4 is 9.62 Å². The zero-order chi connectivity index (χ0) is 13.8. The normalized spacial score (nSPS) is 11.1. The lowest BCUT2D eigenvalue weighted by Gasteiger charge is -2.23. The van der Waals surface area contributed by atoms with Crippen LogP contribution in [0.2, 0.25) is 0 Å². The average molecular weight is 335 g/mol. The minimum Gasteiger partial charge on any atom is -0.355 e. The third-order valence-electron chi connectivity index (χ3n) is 2.21. The van der Waals surface area contributed by atoms with Crippen molar-refractivity contribution in [1.29, 1.82) is 0 Å². The highest BCUT2D eigenvalue weighted by atomic mass is 79.9. The van der Waals surface area contributed by atoms with Gasteiger partial charge in [-0.3, -0.25) is 9.10 Å². The summed E-state index contributed by atoms with van der Waals surface area (Å²) in [4.78, 5) is 10.8. The van der Waals surface area contributed by atoms with E-state index in [9.17, 15) is 13.2 Å². The molecule has 0 bridgehead atoms. The molecule has 0 spiro atoms. The lowest BCUT2D eigenvalue weighted by Crippen LogP contribution is -2.37. The molecule has 0 aliphatic rings. The van der Waals surface area contributed by atoms with Crippen molar-refractivity contribution in [3.8, 4) is 0 Å². The minimum atomic E-state index is -3.39. The second-order valence-electron chi connectivity index (χ2n) is 3.77. The molecule has 5 nitrogen and oxygen atoms in total. The van der Waals surface area contributed by atoms with Gasteiger partial charge in [-0.1, -0.05) is 12.1 Å². The molecule has 1 N–H and O–H groups in total. The standard InChI is InChI=1S/C11H15BrN2O3S/c1-9(15)13-7-8-14(18(2,16)17)11-6-4-3-5-10(11)12/h3-6H,7-8H2,1-2H3,(H,13,15). The summed E-state index contributed by atoms with van der Waals surface area (Å²) in [5, 5.41) is 2.58. The Morgan fingerprint density at radius 1 is 1.39 bits per heavy atom. The fourth-order valence-electron chi connectivity index (χ4n) is 1.45. The highest BCUT2D eigenvalue weighted by Crippen LogP contribution is 2.27. The first-order chi connectivity index (χ1) is 8.32. The van der Waals surface area contributed by atoms with E-state index in [2.05, 4.69) is 21.2 Å². The summed E-state index contributed by atoms with van der Waals surface area (Å²) in [5.74, 6) is -0.185. The highest BCUT2D eigenvalue weighted by molar-refractivity contribution is 9.10. The molecule has 0 radical (unpaired) electrons.